The quantitative estimate of drug-likeness (QED) is 0.727. The van der Waals surface area contributed by atoms with Gasteiger partial charge in [-0.05, 0) is 38.5 Å². The first-order valence-electron chi connectivity index (χ1n) is 9.17. The second kappa shape index (κ2) is 8.45. The Labute approximate surface area is 148 Å². The van der Waals surface area contributed by atoms with E-state index in [4.69, 9.17) is 4.74 Å². The molecule has 0 spiro atoms. The second-order valence-electron chi connectivity index (χ2n) is 7.05. The average Bonchev–Trinajstić information content (AvgIpc) is 3.10. The van der Waals surface area contributed by atoms with Crippen molar-refractivity contribution in [3.8, 4) is 6.07 Å². The van der Waals surface area contributed by atoms with E-state index in [0.717, 1.165) is 44.9 Å². The van der Waals surface area contributed by atoms with Crippen LogP contribution in [0.2, 0.25) is 0 Å². The minimum atomic E-state index is 0.164. The van der Waals surface area contributed by atoms with Crippen LogP contribution in [0, 0.1) is 17.2 Å². The van der Waals surface area contributed by atoms with E-state index >= 15 is 0 Å². The van der Waals surface area contributed by atoms with Crippen molar-refractivity contribution in [2.75, 3.05) is 24.4 Å². The first kappa shape index (κ1) is 17.9. The SMILES string of the molecule is COC1CCC(Nc2ncc(C#N)c(N[C@H]3CCC[C@@H]3CO)n2)CC1. The fraction of sp³-hybridized carbons (Fsp3) is 0.722. The summed E-state index contributed by atoms with van der Waals surface area (Å²) >= 11 is 0. The third-order valence-corrected chi connectivity index (χ3v) is 5.47. The van der Waals surface area contributed by atoms with Gasteiger partial charge >= 0.3 is 0 Å². The molecule has 0 amide bonds. The summed E-state index contributed by atoms with van der Waals surface area (Å²) in [7, 11) is 1.77. The van der Waals surface area contributed by atoms with Crippen molar-refractivity contribution in [3.05, 3.63) is 11.8 Å². The molecule has 2 atom stereocenters. The summed E-state index contributed by atoms with van der Waals surface area (Å²) in [5, 5.41) is 25.6. The van der Waals surface area contributed by atoms with Crippen molar-refractivity contribution in [3.63, 3.8) is 0 Å². The topological polar surface area (TPSA) is 103 Å². The zero-order chi connectivity index (χ0) is 17.6. The minimum absolute atomic E-state index is 0.164. The second-order valence-corrected chi connectivity index (χ2v) is 7.05. The molecule has 3 N–H and O–H groups in total. The standard InChI is InChI=1S/C18H27N5O2/c1-25-15-7-5-14(6-8-15)21-18-20-10-13(9-19)17(23-18)22-16-4-2-3-12(16)11-24/h10,12,14-16,24H,2-8,11H2,1H3,(H2,20,21,22,23)/t12-,14?,15?,16+/m1/s1. The molecule has 7 heteroatoms. The molecule has 0 aromatic carbocycles. The van der Waals surface area contributed by atoms with Gasteiger partial charge in [-0.1, -0.05) is 6.42 Å². The van der Waals surface area contributed by atoms with Crippen LogP contribution in [-0.4, -0.2) is 47.0 Å². The molecule has 2 aliphatic carbocycles. The molecule has 0 bridgehead atoms. The number of ether oxygens (including phenoxy) is 1. The highest BCUT2D eigenvalue weighted by atomic mass is 16.5. The Balaban J connectivity index is 1.67. The fourth-order valence-corrected chi connectivity index (χ4v) is 3.89. The summed E-state index contributed by atoms with van der Waals surface area (Å²) in [6.07, 6.45) is 9.14. The van der Waals surface area contributed by atoms with Crippen LogP contribution in [0.3, 0.4) is 0 Å². The molecule has 0 unspecified atom stereocenters. The van der Waals surface area contributed by atoms with Crippen LogP contribution in [0.5, 0.6) is 0 Å². The lowest BCUT2D eigenvalue weighted by Gasteiger charge is -2.28. The van der Waals surface area contributed by atoms with Crippen LogP contribution >= 0.6 is 0 Å². The number of rotatable bonds is 6. The highest BCUT2D eigenvalue weighted by Crippen LogP contribution is 2.29. The van der Waals surface area contributed by atoms with Gasteiger partial charge in [0.15, 0.2) is 0 Å². The highest BCUT2D eigenvalue weighted by Gasteiger charge is 2.28. The summed E-state index contributed by atoms with van der Waals surface area (Å²) in [6.45, 7) is 0.165. The molecular weight excluding hydrogens is 318 g/mol. The Hall–Kier alpha value is -1.91. The molecule has 2 fully saturated rings. The lowest BCUT2D eigenvalue weighted by Crippen LogP contribution is -2.30. The molecule has 0 radical (unpaired) electrons. The van der Waals surface area contributed by atoms with Crippen molar-refractivity contribution in [2.45, 2.75) is 63.1 Å². The van der Waals surface area contributed by atoms with Gasteiger partial charge in [-0.2, -0.15) is 10.2 Å². The largest absolute Gasteiger partial charge is 0.396 e. The van der Waals surface area contributed by atoms with E-state index in [1.54, 1.807) is 13.3 Å². The molecule has 1 aromatic rings. The zero-order valence-corrected chi connectivity index (χ0v) is 14.7. The normalized spacial score (nSPS) is 29.2. The Morgan fingerprint density at radius 2 is 2.04 bits per heavy atom. The van der Waals surface area contributed by atoms with Gasteiger partial charge in [-0.25, -0.2) is 4.98 Å². The van der Waals surface area contributed by atoms with Crippen molar-refractivity contribution < 1.29 is 9.84 Å². The number of hydrogen-bond acceptors (Lipinski definition) is 7. The zero-order valence-electron chi connectivity index (χ0n) is 14.7. The van der Waals surface area contributed by atoms with E-state index in [-0.39, 0.29) is 18.6 Å². The number of aromatic nitrogens is 2. The number of nitrogens with one attached hydrogen (secondary N) is 2. The predicted octanol–water partition coefficient (Wildman–Crippen LogP) is 2.29. The Morgan fingerprint density at radius 3 is 2.72 bits per heavy atom. The molecular formula is C18H27N5O2. The summed E-state index contributed by atoms with van der Waals surface area (Å²) in [4.78, 5) is 8.83. The van der Waals surface area contributed by atoms with Crippen molar-refractivity contribution >= 4 is 11.8 Å². The summed E-state index contributed by atoms with van der Waals surface area (Å²) < 4.78 is 5.41. The minimum Gasteiger partial charge on any atom is -0.396 e. The Morgan fingerprint density at radius 1 is 1.24 bits per heavy atom. The van der Waals surface area contributed by atoms with Crippen LogP contribution in [0.1, 0.15) is 50.5 Å². The van der Waals surface area contributed by atoms with Gasteiger partial charge < -0.3 is 20.5 Å². The number of anilines is 2. The molecule has 1 aromatic heterocycles. The van der Waals surface area contributed by atoms with Gasteiger partial charge in [-0.15, -0.1) is 0 Å². The van der Waals surface area contributed by atoms with E-state index in [9.17, 15) is 10.4 Å². The summed E-state index contributed by atoms with van der Waals surface area (Å²) in [6, 6.07) is 2.65. The van der Waals surface area contributed by atoms with E-state index < -0.39 is 0 Å². The molecule has 25 heavy (non-hydrogen) atoms. The van der Waals surface area contributed by atoms with E-state index in [2.05, 4.69) is 26.7 Å². The van der Waals surface area contributed by atoms with Crippen molar-refractivity contribution in [1.82, 2.24) is 9.97 Å². The number of hydrogen-bond donors (Lipinski definition) is 3. The summed E-state index contributed by atoms with van der Waals surface area (Å²) in [5.41, 5.74) is 0.442. The number of nitrogens with zero attached hydrogens (tertiary/aromatic N) is 3. The van der Waals surface area contributed by atoms with Gasteiger partial charge in [0.2, 0.25) is 5.95 Å². The number of nitriles is 1. The van der Waals surface area contributed by atoms with Gasteiger partial charge in [0.25, 0.3) is 0 Å². The molecule has 2 aliphatic rings. The molecule has 136 valence electrons. The van der Waals surface area contributed by atoms with Gasteiger partial charge in [0, 0.05) is 31.7 Å². The number of aliphatic hydroxyl groups excluding tert-OH is 1. The first-order chi connectivity index (χ1) is 12.2. The maximum Gasteiger partial charge on any atom is 0.224 e. The third kappa shape index (κ3) is 4.39. The highest BCUT2D eigenvalue weighted by molar-refractivity contribution is 5.54. The number of aliphatic hydroxyl groups is 1. The van der Waals surface area contributed by atoms with Crippen LogP contribution < -0.4 is 10.6 Å². The predicted molar refractivity (Wildman–Crippen MR) is 95.3 cm³/mol. The van der Waals surface area contributed by atoms with Crippen LogP contribution in [0.25, 0.3) is 0 Å². The summed E-state index contributed by atoms with van der Waals surface area (Å²) in [5.74, 6) is 1.35. The maximum absolute atomic E-state index is 9.49. The van der Waals surface area contributed by atoms with E-state index in [1.807, 2.05) is 0 Å². The fourth-order valence-electron chi connectivity index (χ4n) is 3.89. The molecule has 3 rings (SSSR count). The van der Waals surface area contributed by atoms with Gasteiger partial charge in [0.05, 0.1) is 12.3 Å². The maximum atomic E-state index is 9.49. The van der Waals surface area contributed by atoms with Crippen LogP contribution in [0.4, 0.5) is 11.8 Å². The molecule has 0 aliphatic heterocycles. The average molecular weight is 345 g/mol. The number of methoxy groups -OCH3 is 1. The molecule has 0 saturated heterocycles. The first-order valence-corrected chi connectivity index (χ1v) is 9.17. The third-order valence-electron chi connectivity index (χ3n) is 5.47. The van der Waals surface area contributed by atoms with Gasteiger partial charge in [0.1, 0.15) is 17.5 Å². The molecule has 1 heterocycles. The van der Waals surface area contributed by atoms with Crippen LogP contribution in [-0.2, 0) is 4.74 Å². The van der Waals surface area contributed by atoms with Crippen LogP contribution in [0.15, 0.2) is 6.20 Å². The molecule has 2 saturated carbocycles. The van der Waals surface area contributed by atoms with E-state index in [1.165, 1.54) is 0 Å². The Kier molecular flexibility index (Phi) is 6.05. The van der Waals surface area contributed by atoms with Gasteiger partial charge in [-0.3, -0.25) is 0 Å². The lowest BCUT2D eigenvalue weighted by atomic mass is 9.93. The smallest absolute Gasteiger partial charge is 0.224 e. The molecule has 7 nitrogen and oxygen atoms in total. The van der Waals surface area contributed by atoms with Crippen molar-refractivity contribution in [1.29, 1.82) is 5.26 Å². The Bertz CT molecular complexity index is 610. The van der Waals surface area contributed by atoms with E-state index in [0.29, 0.717) is 29.5 Å². The lowest BCUT2D eigenvalue weighted by molar-refractivity contribution is 0.0681. The monoisotopic (exact) mass is 345 g/mol. The van der Waals surface area contributed by atoms with Crippen molar-refractivity contribution in [2.24, 2.45) is 5.92 Å².